The summed E-state index contributed by atoms with van der Waals surface area (Å²) in [5.74, 6) is -0.00301. The number of carbonyl (C=O) groups is 1. The molecular weight excluding hydrogens is 266 g/mol. The minimum Gasteiger partial charge on any atom is -0.393 e. The number of carbonyl (C=O) groups excluding carboxylic acids is 1. The van der Waals surface area contributed by atoms with Gasteiger partial charge < -0.3 is 15.3 Å². The van der Waals surface area contributed by atoms with Gasteiger partial charge in [0, 0.05) is 25.2 Å². The summed E-state index contributed by atoms with van der Waals surface area (Å²) in [5, 5.41) is 21.0. The third-order valence-electron chi connectivity index (χ3n) is 3.73. The second kappa shape index (κ2) is 7.77. The summed E-state index contributed by atoms with van der Waals surface area (Å²) in [6, 6.07) is 8.90. The zero-order valence-corrected chi connectivity index (χ0v) is 12.1. The fourth-order valence-electron chi connectivity index (χ4n) is 2.46. The molecule has 0 spiro atoms. The number of hydrogen-bond acceptors (Lipinski definition) is 4. The van der Waals surface area contributed by atoms with Gasteiger partial charge in [-0.1, -0.05) is 0 Å². The average molecular weight is 287 g/mol. The van der Waals surface area contributed by atoms with Crippen LogP contribution in [0.15, 0.2) is 24.3 Å². The summed E-state index contributed by atoms with van der Waals surface area (Å²) in [5.41, 5.74) is 1.31. The number of nitriles is 1. The molecule has 2 rings (SSSR count). The highest BCUT2D eigenvalue weighted by atomic mass is 16.3. The Kier molecular flexibility index (Phi) is 5.73. The van der Waals surface area contributed by atoms with Gasteiger partial charge in [0.25, 0.3) is 0 Å². The Hall–Kier alpha value is -1.90. The maximum absolute atomic E-state index is 11.8. The van der Waals surface area contributed by atoms with Crippen LogP contribution in [0.4, 0.5) is 5.69 Å². The molecule has 2 N–H and O–H groups in total. The minimum absolute atomic E-state index is 0.00301. The van der Waals surface area contributed by atoms with Crippen molar-refractivity contribution in [2.45, 2.75) is 31.8 Å². The Morgan fingerprint density at radius 3 is 2.62 bits per heavy atom. The number of nitrogens with one attached hydrogen (secondary N) is 1. The van der Waals surface area contributed by atoms with Crippen LogP contribution in [-0.2, 0) is 4.79 Å². The van der Waals surface area contributed by atoms with Crippen molar-refractivity contribution in [2.24, 2.45) is 0 Å². The lowest BCUT2D eigenvalue weighted by molar-refractivity contribution is -0.116. The molecule has 1 aliphatic rings. The molecule has 1 saturated heterocycles. The van der Waals surface area contributed by atoms with Crippen molar-refractivity contribution >= 4 is 11.6 Å². The molecule has 1 heterocycles. The van der Waals surface area contributed by atoms with E-state index in [4.69, 9.17) is 5.26 Å². The van der Waals surface area contributed by atoms with Crippen molar-refractivity contribution in [3.8, 4) is 6.07 Å². The smallest absolute Gasteiger partial charge is 0.224 e. The van der Waals surface area contributed by atoms with E-state index in [1.54, 1.807) is 24.3 Å². The highest BCUT2D eigenvalue weighted by molar-refractivity contribution is 5.90. The first kappa shape index (κ1) is 15.5. The monoisotopic (exact) mass is 287 g/mol. The Morgan fingerprint density at radius 2 is 2.00 bits per heavy atom. The number of hydrogen-bond donors (Lipinski definition) is 2. The lowest BCUT2D eigenvalue weighted by Gasteiger charge is -2.29. The molecule has 1 fully saturated rings. The maximum Gasteiger partial charge on any atom is 0.224 e. The van der Waals surface area contributed by atoms with Gasteiger partial charge in [-0.2, -0.15) is 5.26 Å². The topological polar surface area (TPSA) is 76.4 Å². The molecule has 1 aliphatic heterocycles. The highest BCUT2D eigenvalue weighted by Crippen LogP contribution is 2.12. The molecule has 0 aromatic heterocycles. The Balaban J connectivity index is 1.66. The summed E-state index contributed by atoms with van der Waals surface area (Å²) in [7, 11) is 0. The Bertz CT molecular complexity index is 499. The van der Waals surface area contributed by atoms with Gasteiger partial charge in [0.1, 0.15) is 0 Å². The van der Waals surface area contributed by atoms with Crippen molar-refractivity contribution in [2.75, 3.05) is 25.0 Å². The van der Waals surface area contributed by atoms with E-state index in [2.05, 4.69) is 10.2 Å². The van der Waals surface area contributed by atoms with Gasteiger partial charge in [0.15, 0.2) is 0 Å². The minimum atomic E-state index is -0.152. The van der Waals surface area contributed by atoms with Gasteiger partial charge in [0.2, 0.25) is 5.91 Å². The van der Waals surface area contributed by atoms with Gasteiger partial charge in [-0.05, 0) is 50.1 Å². The molecule has 5 nitrogen and oxygen atoms in total. The first-order chi connectivity index (χ1) is 10.2. The molecular formula is C16H21N3O2. The third-order valence-corrected chi connectivity index (χ3v) is 3.73. The van der Waals surface area contributed by atoms with Crippen molar-refractivity contribution < 1.29 is 9.90 Å². The molecule has 1 aromatic rings. The number of rotatable bonds is 5. The highest BCUT2D eigenvalue weighted by Gasteiger charge is 2.16. The fourth-order valence-corrected chi connectivity index (χ4v) is 2.46. The van der Waals surface area contributed by atoms with Crippen LogP contribution in [0.1, 0.15) is 31.2 Å². The molecule has 0 unspecified atom stereocenters. The molecule has 5 heteroatoms. The number of likely N-dealkylation sites (tertiary alicyclic amines) is 1. The normalized spacial score (nSPS) is 16.4. The van der Waals surface area contributed by atoms with Crippen molar-refractivity contribution in [1.29, 1.82) is 5.26 Å². The van der Waals surface area contributed by atoms with Crippen LogP contribution in [-0.4, -0.2) is 41.7 Å². The van der Waals surface area contributed by atoms with Gasteiger partial charge in [-0.3, -0.25) is 4.79 Å². The number of aliphatic hydroxyl groups excluding tert-OH is 1. The first-order valence-electron chi connectivity index (χ1n) is 7.38. The molecule has 1 aromatic carbocycles. The molecule has 0 saturated carbocycles. The largest absolute Gasteiger partial charge is 0.393 e. The van der Waals surface area contributed by atoms with Gasteiger partial charge in [-0.25, -0.2) is 0 Å². The summed E-state index contributed by atoms with van der Waals surface area (Å²) < 4.78 is 0. The van der Waals surface area contributed by atoms with E-state index in [-0.39, 0.29) is 12.0 Å². The van der Waals surface area contributed by atoms with Crippen LogP contribution in [0.5, 0.6) is 0 Å². The van der Waals surface area contributed by atoms with Crippen molar-refractivity contribution in [3.05, 3.63) is 29.8 Å². The van der Waals surface area contributed by atoms with Crippen LogP contribution in [0.25, 0.3) is 0 Å². The van der Waals surface area contributed by atoms with Crippen molar-refractivity contribution in [3.63, 3.8) is 0 Å². The van der Waals surface area contributed by atoms with E-state index in [0.29, 0.717) is 12.0 Å². The number of piperidine rings is 1. The van der Waals surface area contributed by atoms with E-state index < -0.39 is 0 Å². The van der Waals surface area contributed by atoms with Crippen LogP contribution < -0.4 is 5.32 Å². The van der Waals surface area contributed by atoms with E-state index in [1.165, 1.54) is 0 Å². The number of benzene rings is 1. The van der Waals surface area contributed by atoms with E-state index in [1.807, 2.05) is 6.07 Å². The fraction of sp³-hybridized carbons (Fsp3) is 0.500. The number of amides is 1. The quantitative estimate of drug-likeness (QED) is 0.864. The van der Waals surface area contributed by atoms with Gasteiger partial charge >= 0.3 is 0 Å². The van der Waals surface area contributed by atoms with Crippen LogP contribution in [0.3, 0.4) is 0 Å². The van der Waals surface area contributed by atoms with Crippen LogP contribution >= 0.6 is 0 Å². The number of anilines is 1. The van der Waals surface area contributed by atoms with Crippen LogP contribution in [0, 0.1) is 11.3 Å². The van der Waals surface area contributed by atoms with E-state index in [9.17, 15) is 9.90 Å². The number of nitrogens with zero attached hydrogens (tertiary/aromatic N) is 2. The SMILES string of the molecule is N#Cc1ccc(NC(=O)CCCN2CCC(O)CC2)cc1. The Labute approximate surface area is 125 Å². The zero-order valence-electron chi connectivity index (χ0n) is 12.1. The molecule has 0 radical (unpaired) electrons. The molecule has 112 valence electrons. The summed E-state index contributed by atoms with van der Waals surface area (Å²) in [6.45, 7) is 2.73. The molecule has 0 aliphatic carbocycles. The summed E-state index contributed by atoms with van der Waals surface area (Å²) in [4.78, 5) is 14.1. The van der Waals surface area contributed by atoms with E-state index in [0.717, 1.165) is 44.6 Å². The van der Waals surface area contributed by atoms with Crippen LogP contribution in [0.2, 0.25) is 0 Å². The average Bonchev–Trinajstić information content (AvgIpc) is 2.50. The summed E-state index contributed by atoms with van der Waals surface area (Å²) in [6.07, 6.45) is 2.81. The van der Waals surface area contributed by atoms with Gasteiger partial charge in [-0.15, -0.1) is 0 Å². The molecule has 21 heavy (non-hydrogen) atoms. The van der Waals surface area contributed by atoms with Gasteiger partial charge in [0.05, 0.1) is 17.7 Å². The third kappa shape index (κ3) is 5.18. The lowest BCUT2D eigenvalue weighted by atomic mass is 10.1. The lowest BCUT2D eigenvalue weighted by Crippen LogP contribution is -2.36. The summed E-state index contributed by atoms with van der Waals surface area (Å²) >= 11 is 0. The maximum atomic E-state index is 11.8. The Morgan fingerprint density at radius 1 is 1.33 bits per heavy atom. The number of aliphatic hydroxyl groups is 1. The second-order valence-electron chi connectivity index (χ2n) is 5.41. The predicted molar refractivity (Wildman–Crippen MR) is 80.7 cm³/mol. The first-order valence-corrected chi connectivity index (χ1v) is 7.38. The second-order valence-corrected chi connectivity index (χ2v) is 5.41. The van der Waals surface area contributed by atoms with Crippen molar-refractivity contribution in [1.82, 2.24) is 4.90 Å². The molecule has 0 bridgehead atoms. The molecule has 0 atom stereocenters. The predicted octanol–water partition coefficient (Wildman–Crippen LogP) is 1.73. The van der Waals surface area contributed by atoms with E-state index >= 15 is 0 Å². The zero-order chi connectivity index (χ0) is 15.1. The molecule has 1 amide bonds. The standard InChI is InChI=1S/C16H21N3O2/c17-12-13-3-5-14(6-4-13)18-16(21)2-1-9-19-10-7-15(20)8-11-19/h3-6,15,20H,1-2,7-11H2,(H,18,21).